The number of nitro benzene ring substituents is 1. The molecule has 1 aliphatic rings. The molecule has 112 valence electrons. The Kier molecular flexibility index (Phi) is 4.42. The fourth-order valence-corrected chi connectivity index (χ4v) is 2.62. The molecule has 8 heteroatoms. The summed E-state index contributed by atoms with van der Waals surface area (Å²) in [6.45, 7) is 2.50. The Balaban J connectivity index is 2.37. The van der Waals surface area contributed by atoms with Crippen molar-refractivity contribution in [2.45, 2.75) is 19.4 Å². The van der Waals surface area contributed by atoms with E-state index in [0.717, 1.165) is 0 Å². The van der Waals surface area contributed by atoms with Crippen LogP contribution in [0.3, 0.4) is 0 Å². The van der Waals surface area contributed by atoms with E-state index < -0.39 is 16.9 Å². The summed E-state index contributed by atoms with van der Waals surface area (Å²) in [6.07, 6.45) is 0.462. The van der Waals surface area contributed by atoms with E-state index in [1.54, 1.807) is 6.92 Å². The number of rotatable bonds is 3. The number of amides is 2. The lowest BCUT2D eigenvalue weighted by Crippen LogP contribution is -2.56. The van der Waals surface area contributed by atoms with E-state index in [-0.39, 0.29) is 22.2 Å². The van der Waals surface area contributed by atoms with E-state index in [4.69, 9.17) is 11.6 Å². The molecule has 0 bridgehead atoms. The summed E-state index contributed by atoms with van der Waals surface area (Å²) in [5.74, 6) is -0.691. The van der Waals surface area contributed by atoms with Crippen LogP contribution in [0.15, 0.2) is 18.2 Å². The predicted octanol–water partition coefficient (Wildman–Crippen LogP) is 1.60. The van der Waals surface area contributed by atoms with Crippen LogP contribution in [0.2, 0.25) is 5.02 Å². The number of carbonyl (C=O) groups is 2. The zero-order valence-electron chi connectivity index (χ0n) is 11.3. The lowest BCUT2D eigenvalue weighted by atomic mass is 10.1. The van der Waals surface area contributed by atoms with Crippen molar-refractivity contribution in [1.82, 2.24) is 10.2 Å². The van der Waals surface area contributed by atoms with Crippen LogP contribution in [-0.4, -0.2) is 40.8 Å². The van der Waals surface area contributed by atoms with Crippen LogP contribution in [0.5, 0.6) is 0 Å². The van der Waals surface area contributed by atoms with Gasteiger partial charge in [-0.1, -0.05) is 24.6 Å². The first-order valence-corrected chi connectivity index (χ1v) is 6.86. The van der Waals surface area contributed by atoms with E-state index in [0.29, 0.717) is 19.5 Å². The number of nitrogens with zero attached hydrogens (tertiary/aromatic N) is 2. The van der Waals surface area contributed by atoms with Gasteiger partial charge in [0.15, 0.2) is 0 Å². The Morgan fingerprint density at radius 3 is 2.90 bits per heavy atom. The maximum atomic E-state index is 12.5. The number of hydrogen-bond donors (Lipinski definition) is 1. The first kappa shape index (κ1) is 15.2. The van der Waals surface area contributed by atoms with Gasteiger partial charge in [0.2, 0.25) is 5.91 Å². The standard InChI is InChI=1S/C13H14ClN3O4/c1-2-9-12(18)15-6-7-16(9)13(19)8-4-3-5-10(11(8)14)17(20)21/h3-5,9H,2,6-7H2,1H3,(H,15,18). The molecule has 0 aromatic heterocycles. The van der Waals surface area contributed by atoms with Crippen LogP contribution in [0.25, 0.3) is 0 Å². The minimum Gasteiger partial charge on any atom is -0.353 e. The second kappa shape index (κ2) is 6.09. The lowest BCUT2D eigenvalue weighted by Gasteiger charge is -2.34. The molecule has 2 rings (SSSR count). The number of hydrogen-bond acceptors (Lipinski definition) is 4. The third-order valence-electron chi connectivity index (χ3n) is 3.38. The molecule has 7 nitrogen and oxygen atoms in total. The van der Waals surface area contributed by atoms with Crippen LogP contribution in [-0.2, 0) is 4.79 Å². The molecular formula is C13H14ClN3O4. The van der Waals surface area contributed by atoms with Gasteiger partial charge in [-0.15, -0.1) is 0 Å². The van der Waals surface area contributed by atoms with E-state index in [2.05, 4.69) is 5.32 Å². The minimum absolute atomic E-state index is 0.0408. The largest absolute Gasteiger partial charge is 0.353 e. The van der Waals surface area contributed by atoms with Gasteiger partial charge in [0.25, 0.3) is 11.6 Å². The molecule has 1 aromatic carbocycles. The second-order valence-corrected chi connectivity index (χ2v) is 4.99. The van der Waals surface area contributed by atoms with Crippen LogP contribution in [0.4, 0.5) is 5.69 Å². The summed E-state index contributed by atoms with van der Waals surface area (Å²) in [4.78, 5) is 36.0. The summed E-state index contributed by atoms with van der Waals surface area (Å²) < 4.78 is 0. The molecule has 1 N–H and O–H groups in total. The highest BCUT2D eigenvalue weighted by atomic mass is 35.5. The van der Waals surface area contributed by atoms with Crippen molar-refractivity contribution in [2.24, 2.45) is 0 Å². The average Bonchev–Trinajstić information content (AvgIpc) is 2.46. The molecule has 1 unspecified atom stereocenters. The molecule has 0 aliphatic carbocycles. The number of halogens is 1. The highest BCUT2D eigenvalue weighted by Crippen LogP contribution is 2.29. The molecule has 0 radical (unpaired) electrons. The highest BCUT2D eigenvalue weighted by Gasteiger charge is 2.33. The SMILES string of the molecule is CCC1C(=O)NCCN1C(=O)c1cccc([N+](=O)[O-])c1Cl. The quantitative estimate of drug-likeness (QED) is 0.678. The second-order valence-electron chi connectivity index (χ2n) is 4.61. The van der Waals surface area contributed by atoms with E-state index in [9.17, 15) is 19.7 Å². The molecule has 1 fully saturated rings. The van der Waals surface area contributed by atoms with E-state index in [1.807, 2.05) is 0 Å². The van der Waals surface area contributed by atoms with Crippen LogP contribution in [0, 0.1) is 10.1 Å². The summed E-state index contributed by atoms with van der Waals surface area (Å²) in [6, 6.07) is 3.49. The average molecular weight is 312 g/mol. The van der Waals surface area contributed by atoms with Crippen molar-refractivity contribution < 1.29 is 14.5 Å². The molecule has 1 aromatic rings. The summed E-state index contributed by atoms with van der Waals surface area (Å²) in [7, 11) is 0. The van der Waals surface area contributed by atoms with Crippen molar-refractivity contribution in [3.8, 4) is 0 Å². The van der Waals surface area contributed by atoms with Gasteiger partial charge >= 0.3 is 0 Å². The Labute approximate surface area is 126 Å². The Hall–Kier alpha value is -2.15. The van der Waals surface area contributed by atoms with Gasteiger partial charge in [-0.3, -0.25) is 19.7 Å². The molecule has 1 saturated heterocycles. The number of carbonyl (C=O) groups excluding carboxylic acids is 2. The molecule has 1 heterocycles. The Morgan fingerprint density at radius 1 is 1.57 bits per heavy atom. The summed E-state index contributed by atoms with van der Waals surface area (Å²) in [5.41, 5.74) is -0.281. The molecule has 0 saturated carbocycles. The number of benzene rings is 1. The van der Waals surface area contributed by atoms with Crippen molar-refractivity contribution >= 4 is 29.1 Å². The topological polar surface area (TPSA) is 92.6 Å². The third kappa shape index (κ3) is 2.82. The smallest absolute Gasteiger partial charge is 0.288 e. The Morgan fingerprint density at radius 2 is 2.29 bits per heavy atom. The first-order chi connectivity index (χ1) is 9.97. The summed E-state index contributed by atoms with van der Waals surface area (Å²) in [5, 5.41) is 13.4. The molecule has 1 aliphatic heterocycles. The molecule has 1 atom stereocenters. The zero-order valence-corrected chi connectivity index (χ0v) is 12.1. The lowest BCUT2D eigenvalue weighted by molar-refractivity contribution is -0.384. The van der Waals surface area contributed by atoms with Crippen molar-refractivity contribution in [3.05, 3.63) is 38.9 Å². The molecular weight excluding hydrogens is 298 g/mol. The first-order valence-electron chi connectivity index (χ1n) is 6.49. The maximum Gasteiger partial charge on any atom is 0.288 e. The van der Waals surface area contributed by atoms with Crippen LogP contribution >= 0.6 is 11.6 Å². The Bertz CT molecular complexity index is 605. The van der Waals surface area contributed by atoms with Gasteiger partial charge < -0.3 is 10.2 Å². The van der Waals surface area contributed by atoms with Gasteiger partial charge in [0.05, 0.1) is 10.5 Å². The van der Waals surface area contributed by atoms with E-state index >= 15 is 0 Å². The fourth-order valence-electron chi connectivity index (χ4n) is 2.34. The molecule has 0 spiro atoms. The van der Waals surface area contributed by atoms with E-state index in [1.165, 1.54) is 23.1 Å². The van der Waals surface area contributed by atoms with Crippen molar-refractivity contribution in [2.75, 3.05) is 13.1 Å². The predicted molar refractivity (Wildman–Crippen MR) is 76.2 cm³/mol. The highest BCUT2D eigenvalue weighted by molar-refractivity contribution is 6.35. The van der Waals surface area contributed by atoms with Crippen LogP contribution < -0.4 is 5.32 Å². The number of piperazine rings is 1. The van der Waals surface area contributed by atoms with Gasteiger partial charge in [-0.25, -0.2) is 0 Å². The number of nitrogens with one attached hydrogen (secondary N) is 1. The number of nitro groups is 1. The van der Waals surface area contributed by atoms with Gasteiger partial charge in [-0.05, 0) is 12.5 Å². The fraction of sp³-hybridized carbons (Fsp3) is 0.385. The molecule has 2 amide bonds. The van der Waals surface area contributed by atoms with Gasteiger partial charge in [-0.2, -0.15) is 0 Å². The van der Waals surface area contributed by atoms with Gasteiger partial charge in [0, 0.05) is 19.2 Å². The monoisotopic (exact) mass is 311 g/mol. The summed E-state index contributed by atoms with van der Waals surface area (Å²) >= 11 is 5.96. The normalized spacial score (nSPS) is 18.3. The maximum absolute atomic E-state index is 12.5. The third-order valence-corrected chi connectivity index (χ3v) is 3.78. The zero-order chi connectivity index (χ0) is 15.6. The minimum atomic E-state index is -0.640. The molecule has 21 heavy (non-hydrogen) atoms. The van der Waals surface area contributed by atoms with Crippen LogP contribution in [0.1, 0.15) is 23.7 Å². The van der Waals surface area contributed by atoms with Crippen molar-refractivity contribution in [1.29, 1.82) is 0 Å². The van der Waals surface area contributed by atoms with Gasteiger partial charge in [0.1, 0.15) is 11.1 Å². The van der Waals surface area contributed by atoms with Crippen molar-refractivity contribution in [3.63, 3.8) is 0 Å².